The number of amides is 1. The fourth-order valence-electron chi connectivity index (χ4n) is 3.32. The minimum atomic E-state index is -1.10. The van der Waals surface area contributed by atoms with E-state index in [0.717, 1.165) is 6.42 Å². The molecule has 0 aromatic rings. The van der Waals surface area contributed by atoms with Gasteiger partial charge in [0.2, 0.25) is 0 Å². The molecule has 0 unspecified atom stereocenters. The highest BCUT2D eigenvalue weighted by molar-refractivity contribution is 5.69. The molecule has 0 saturated heterocycles. The molecule has 0 bridgehead atoms. The number of carbonyl (C=O) groups is 1. The summed E-state index contributed by atoms with van der Waals surface area (Å²) in [5.41, 5.74) is 14.7. The lowest BCUT2D eigenvalue weighted by molar-refractivity contribution is -0.0680. The van der Waals surface area contributed by atoms with E-state index in [1.165, 1.54) is 0 Å². The molecule has 0 aliphatic rings. The maximum absolute atomic E-state index is 12.9. The maximum atomic E-state index is 12.9. The van der Waals surface area contributed by atoms with Crippen molar-refractivity contribution in [3.05, 3.63) is 20.9 Å². The van der Waals surface area contributed by atoms with Gasteiger partial charge in [-0.15, -0.1) is 0 Å². The molecule has 18 nitrogen and oxygen atoms in total. The molecular formula is C28H55N7O11. The smallest absolute Gasteiger partial charge is 0.408 e. The van der Waals surface area contributed by atoms with Crippen LogP contribution in [0.5, 0.6) is 0 Å². The van der Waals surface area contributed by atoms with Gasteiger partial charge in [-0.3, -0.25) is 0 Å². The van der Waals surface area contributed by atoms with Crippen molar-refractivity contribution in [3.8, 4) is 0 Å². The number of azide groups is 2. The highest BCUT2D eigenvalue weighted by Gasteiger charge is 2.35. The monoisotopic (exact) mass is 665 g/mol. The first kappa shape index (κ1) is 43.5. The Kier molecular flexibility index (Phi) is 29.5. The van der Waals surface area contributed by atoms with Crippen LogP contribution in [-0.4, -0.2) is 149 Å². The second kappa shape index (κ2) is 31.1. The van der Waals surface area contributed by atoms with Crippen LogP contribution in [0.3, 0.4) is 0 Å². The lowest BCUT2D eigenvalue weighted by Gasteiger charge is -2.35. The molecule has 0 radical (unpaired) electrons. The summed E-state index contributed by atoms with van der Waals surface area (Å²) in [5, 5.41) is 9.69. The van der Waals surface area contributed by atoms with Crippen LogP contribution in [-0.2, 0) is 47.4 Å². The Labute approximate surface area is 272 Å². The number of nitrogens with one attached hydrogen (secondary N) is 1. The van der Waals surface area contributed by atoms with Gasteiger partial charge in [0, 0.05) is 29.5 Å². The Hall–Kier alpha value is -2.47. The van der Waals surface area contributed by atoms with Gasteiger partial charge < -0.3 is 52.7 Å². The van der Waals surface area contributed by atoms with Crippen molar-refractivity contribution >= 4 is 6.09 Å². The van der Waals surface area contributed by atoms with Gasteiger partial charge in [0.05, 0.1) is 112 Å². The lowest BCUT2D eigenvalue weighted by Crippen LogP contribution is -2.59. The SMILES string of the molecule is CCCOCCOCCOCC(COCCOCCOCCN=[N+]=[N-])(COCCOCCOCCN=[N+]=[N-])NC(=O)OC(C)(C)C. The van der Waals surface area contributed by atoms with Gasteiger partial charge in [-0.25, -0.2) is 4.79 Å². The van der Waals surface area contributed by atoms with Crippen LogP contribution in [0.15, 0.2) is 10.2 Å². The number of carbonyl (C=O) groups excluding carboxylic acids is 1. The molecule has 0 aliphatic carbocycles. The highest BCUT2D eigenvalue weighted by atomic mass is 16.6. The zero-order valence-electron chi connectivity index (χ0n) is 28.0. The van der Waals surface area contributed by atoms with Crippen molar-refractivity contribution in [2.75, 3.05) is 132 Å². The van der Waals surface area contributed by atoms with Crippen LogP contribution in [0.25, 0.3) is 20.9 Å². The van der Waals surface area contributed by atoms with E-state index in [2.05, 4.69) is 25.4 Å². The summed E-state index contributed by atoms with van der Waals surface area (Å²) in [6, 6.07) is 0. The van der Waals surface area contributed by atoms with Crippen molar-refractivity contribution in [2.45, 2.75) is 45.3 Å². The fourth-order valence-corrected chi connectivity index (χ4v) is 3.32. The summed E-state index contributed by atoms with van der Waals surface area (Å²) >= 11 is 0. The molecule has 0 spiro atoms. The molecule has 0 aliphatic heterocycles. The van der Waals surface area contributed by atoms with Gasteiger partial charge in [-0.2, -0.15) is 0 Å². The summed E-state index contributed by atoms with van der Waals surface area (Å²) < 4.78 is 55.9. The van der Waals surface area contributed by atoms with E-state index in [4.69, 9.17) is 58.4 Å². The third-order valence-corrected chi connectivity index (χ3v) is 5.28. The summed E-state index contributed by atoms with van der Waals surface area (Å²) in [5.74, 6) is 0. The number of nitrogens with zero attached hydrogens (tertiary/aromatic N) is 6. The van der Waals surface area contributed by atoms with E-state index in [1.54, 1.807) is 20.8 Å². The van der Waals surface area contributed by atoms with E-state index >= 15 is 0 Å². The summed E-state index contributed by atoms with van der Waals surface area (Å²) in [6.07, 6.45) is 0.303. The normalized spacial score (nSPS) is 12.6. The molecule has 0 saturated carbocycles. The number of rotatable bonds is 33. The van der Waals surface area contributed by atoms with Crippen LogP contribution in [0.2, 0.25) is 0 Å². The quantitative estimate of drug-likeness (QED) is 0.0463. The molecule has 0 aromatic heterocycles. The van der Waals surface area contributed by atoms with Gasteiger partial charge in [0.25, 0.3) is 0 Å². The third-order valence-electron chi connectivity index (χ3n) is 5.28. The Bertz CT molecular complexity index is 786. The molecule has 0 heterocycles. The Morgan fingerprint density at radius 2 is 0.891 bits per heavy atom. The zero-order chi connectivity index (χ0) is 34.0. The lowest BCUT2D eigenvalue weighted by atomic mass is 10.0. The van der Waals surface area contributed by atoms with E-state index in [0.29, 0.717) is 66.1 Å². The largest absolute Gasteiger partial charge is 0.444 e. The average molecular weight is 666 g/mol. The Morgan fingerprint density at radius 1 is 0.565 bits per heavy atom. The van der Waals surface area contributed by atoms with Crippen LogP contribution in [0, 0.1) is 0 Å². The first-order valence-corrected chi connectivity index (χ1v) is 15.5. The molecule has 1 amide bonds. The minimum Gasteiger partial charge on any atom is -0.444 e. The molecule has 0 atom stereocenters. The third kappa shape index (κ3) is 30.2. The number of ether oxygens (including phenoxy) is 10. The van der Waals surface area contributed by atoms with Gasteiger partial charge in [-0.05, 0) is 38.3 Å². The Balaban J connectivity index is 4.97. The van der Waals surface area contributed by atoms with Crippen molar-refractivity contribution < 1.29 is 52.2 Å². The molecule has 268 valence electrons. The molecule has 0 rings (SSSR count). The van der Waals surface area contributed by atoms with Crippen molar-refractivity contribution in [2.24, 2.45) is 10.2 Å². The molecule has 18 heteroatoms. The minimum absolute atomic E-state index is 0.0455. The second-order valence-electron chi connectivity index (χ2n) is 10.6. The van der Waals surface area contributed by atoms with E-state index < -0.39 is 17.2 Å². The predicted molar refractivity (Wildman–Crippen MR) is 168 cm³/mol. The van der Waals surface area contributed by atoms with Crippen LogP contribution in [0.4, 0.5) is 4.79 Å². The molecule has 46 heavy (non-hydrogen) atoms. The highest BCUT2D eigenvalue weighted by Crippen LogP contribution is 2.13. The van der Waals surface area contributed by atoms with Crippen LogP contribution < -0.4 is 5.32 Å². The van der Waals surface area contributed by atoms with Crippen molar-refractivity contribution in [3.63, 3.8) is 0 Å². The molecule has 0 fully saturated rings. The summed E-state index contributed by atoms with van der Waals surface area (Å²) in [7, 11) is 0. The standard InChI is InChI=1S/C28H55N7O11/c1-5-8-37-11-14-40-17-20-43-23-28(33-26(36)46-27(2,3)4,24-44-21-18-41-15-12-38-9-6-31-34-29)25-45-22-19-42-16-13-39-10-7-32-35-30/h5-25H2,1-4H3,(H,33,36). The van der Waals surface area contributed by atoms with E-state index in [1.807, 2.05) is 6.92 Å². The predicted octanol–water partition coefficient (Wildman–Crippen LogP) is 3.43. The topological polar surface area (TPSA) is 219 Å². The molecular weight excluding hydrogens is 610 g/mol. The van der Waals surface area contributed by atoms with Gasteiger partial charge in [0.1, 0.15) is 11.1 Å². The number of hydrogen-bond acceptors (Lipinski definition) is 13. The van der Waals surface area contributed by atoms with Crippen molar-refractivity contribution in [1.82, 2.24) is 5.32 Å². The maximum Gasteiger partial charge on any atom is 0.408 e. The zero-order valence-corrected chi connectivity index (χ0v) is 28.0. The molecule has 0 aromatic carbocycles. The summed E-state index contributed by atoms with van der Waals surface area (Å²) in [4.78, 5) is 18.2. The van der Waals surface area contributed by atoms with Gasteiger partial charge >= 0.3 is 6.09 Å². The number of alkyl carbamates (subject to hydrolysis) is 1. The number of hydrogen-bond donors (Lipinski definition) is 1. The fraction of sp³-hybridized carbons (Fsp3) is 0.964. The first-order valence-electron chi connectivity index (χ1n) is 15.5. The van der Waals surface area contributed by atoms with E-state index in [-0.39, 0.29) is 65.9 Å². The Morgan fingerprint density at radius 3 is 1.22 bits per heavy atom. The van der Waals surface area contributed by atoms with Gasteiger partial charge in [0.15, 0.2) is 0 Å². The first-order chi connectivity index (χ1) is 22.3. The van der Waals surface area contributed by atoms with Crippen LogP contribution >= 0.6 is 0 Å². The van der Waals surface area contributed by atoms with E-state index in [9.17, 15) is 4.79 Å². The second-order valence-corrected chi connectivity index (χ2v) is 10.6. The van der Waals surface area contributed by atoms with Crippen LogP contribution in [0.1, 0.15) is 34.1 Å². The van der Waals surface area contributed by atoms with Gasteiger partial charge in [-0.1, -0.05) is 17.2 Å². The van der Waals surface area contributed by atoms with Crippen molar-refractivity contribution in [1.29, 1.82) is 0 Å². The average Bonchev–Trinajstić information content (AvgIpc) is 3.00. The molecule has 1 N–H and O–H groups in total. The summed E-state index contributed by atoms with van der Waals surface area (Å²) in [6.45, 7) is 13.4.